The second-order valence-electron chi connectivity index (χ2n) is 10.7. The topological polar surface area (TPSA) is 133 Å². The van der Waals surface area contributed by atoms with E-state index in [1.807, 2.05) is 58.0 Å². The predicted octanol–water partition coefficient (Wildman–Crippen LogP) is 5.43. The second kappa shape index (κ2) is 13.1. The molecule has 1 unspecified atom stereocenters. The molecular formula is C31H36N2O7. The van der Waals surface area contributed by atoms with Crippen LogP contribution < -0.4 is 10.1 Å². The van der Waals surface area contributed by atoms with Gasteiger partial charge < -0.3 is 25.2 Å². The quantitative estimate of drug-likeness (QED) is 0.275. The second-order valence-corrected chi connectivity index (χ2v) is 10.7. The Kier molecular flexibility index (Phi) is 9.87. The molecule has 0 spiro atoms. The van der Waals surface area contributed by atoms with E-state index in [0.29, 0.717) is 5.75 Å². The number of carbonyl (C=O) groups is 4. The van der Waals surface area contributed by atoms with Crippen molar-refractivity contribution in [3.8, 4) is 11.5 Å². The van der Waals surface area contributed by atoms with E-state index in [1.165, 1.54) is 30.0 Å². The summed E-state index contributed by atoms with van der Waals surface area (Å²) in [6, 6.07) is 15.1. The maximum absolute atomic E-state index is 13.5. The largest absolute Gasteiger partial charge is 0.480 e. The number of carboxylic acids is 2. The number of amides is 2. The van der Waals surface area contributed by atoms with Crippen molar-refractivity contribution in [2.75, 3.05) is 6.54 Å². The molecule has 0 aromatic heterocycles. The van der Waals surface area contributed by atoms with Crippen molar-refractivity contribution in [2.24, 2.45) is 11.8 Å². The van der Waals surface area contributed by atoms with E-state index in [2.05, 4.69) is 5.32 Å². The fourth-order valence-corrected chi connectivity index (χ4v) is 4.32. The number of benzene rings is 3. The molecule has 0 saturated heterocycles. The molecule has 2 amide bonds. The van der Waals surface area contributed by atoms with Gasteiger partial charge in [-0.15, -0.1) is 0 Å². The number of nitrogens with zero attached hydrogens (tertiary/aromatic N) is 1. The molecule has 40 heavy (non-hydrogen) atoms. The highest BCUT2D eigenvalue weighted by molar-refractivity contribution is 6.02. The number of ether oxygens (including phenoxy) is 1. The number of carbonyl (C=O) groups excluding carboxylic acids is 2. The van der Waals surface area contributed by atoms with Crippen LogP contribution in [0.25, 0.3) is 10.8 Å². The van der Waals surface area contributed by atoms with Crippen LogP contribution >= 0.6 is 0 Å². The van der Waals surface area contributed by atoms with Crippen LogP contribution in [0.4, 0.5) is 0 Å². The van der Waals surface area contributed by atoms with Crippen LogP contribution in [-0.4, -0.2) is 57.5 Å². The zero-order chi connectivity index (χ0) is 29.6. The number of hydrogen-bond acceptors (Lipinski definition) is 5. The van der Waals surface area contributed by atoms with Crippen LogP contribution in [0.15, 0.2) is 60.7 Å². The first-order valence-corrected chi connectivity index (χ1v) is 13.3. The molecule has 3 aromatic carbocycles. The molecule has 0 aliphatic carbocycles. The lowest BCUT2D eigenvalue weighted by Crippen LogP contribution is -2.45. The van der Waals surface area contributed by atoms with Gasteiger partial charge in [-0.3, -0.25) is 9.59 Å². The molecule has 0 aliphatic heterocycles. The Labute approximate surface area is 233 Å². The average molecular weight is 549 g/mol. The van der Waals surface area contributed by atoms with Crippen molar-refractivity contribution in [1.82, 2.24) is 10.2 Å². The molecule has 212 valence electrons. The van der Waals surface area contributed by atoms with E-state index in [0.717, 1.165) is 10.8 Å². The van der Waals surface area contributed by atoms with Crippen LogP contribution in [0.2, 0.25) is 0 Å². The summed E-state index contributed by atoms with van der Waals surface area (Å²) in [6.45, 7) is 9.14. The molecule has 3 aromatic rings. The van der Waals surface area contributed by atoms with Gasteiger partial charge in [-0.1, -0.05) is 58.0 Å². The molecule has 3 N–H and O–H groups in total. The van der Waals surface area contributed by atoms with Crippen LogP contribution in [0.3, 0.4) is 0 Å². The third-order valence-corrected chi connectivity index (χ3v) is 6.38. The summed E-state index contributed by atoms with van der Waals surface area (Å²) >= 11 is 0. The van der Waals surface area contributed by atoms with Crippen molar-refractivity contribution in [3.63, 3.8) is 0 Å². The minimum atomic E-state index is -1.15. The molecule has 0 aliphatic rings. The smallest absolute Gasteiger partial charge is 0.326 e. The van der Waals surface area contributed by atoms with Gasteiger partial charge in [0, 0.05) is 12.1 Å². The van der Waals surface area contributed by atoms with Crippen molar-refractivity contribution in [1.29, 1.82) is 0 Å². The highest BCUT2D eigenvalue weighted by Crippen LogP contribution is 2.30. The van der Waals surface area contributed by atoms with Crippen molar-refractivity contribution in [2.45, 2.75) is 53.1 Å². The Morgan fingerprint density at radius 3 is 2.10 bits per heavy atom. The molecule has 0 saturated carbocycles. The van der Waals surface area contributed by atoms with Gasteiger partial charge in [-0.2, -0.15) is 0 Å². The molecule has 0 radical (unpaired) electrons. The van der Waals surface area contributed by atoms with Gasteiger partial charge in [0.1, 0.15) is 23.6 Å². The predicted molar refractivity (Wildman–Crippen MR) is 152 cm³/mol. The normalized spacial score (nSPS) is 12.7. The molecule has 2 atom stereocenters. The van der Waals surface area contributed by atoms with Crippen molar-refractivity contribution >= 4 is 34.5 Å². The van der Waals surface area contributed by atoms with Gasteiger partial charge in [-0.05, 0) is 66.3 Å². The molecule has 0 bridgehead atoms. The Morgan fingerprint density at radius 1 is 0.825 bits per heavy atom. The number of nitrogens with one attached hydrogen (secondary N) is 1. The Balaban J connectivity index is 2.05. The standard InChI is InChI=1S/C31H36N2O7/c1-18(2)14-26(31(38)39)32-28(34)25-13-11-23(29(35)33(17-19(3)4)20(5)30(36)37)16-27(25)40-24-12-10-21-8-6-7-9-22(21)15-24/h6-13,15-16,18-20,26H,14,17H2,1-5H3,(H,32,34)(H,36,37)(H,38,39)/t20-,26?/m0/s1. The summed E-state index contributed by atoms with van der Waals surface area (Å²) in [4.78, 5) is 51.6. The van der Waals surface area contributed by atoms with E-state index < -0.39 is 35.8 Å². The maximum Gasteiger partial charge on any atom is 0.326 e. The summed E-state index contributed by atoms with van der Waals surface area (Å²) in [5.74, 6) is -2.99. The molecule has 0 heterocycles. The first kappa shape index (κ1) is 30.1. The fourth-order valence-electron chi connectivity index (χ4n) is 4.32. The lowest BCUT2D eigenvalue weighted by Gasteiger charge is -2.28. The van der Waals surface area contributed by atoms with E-state index in [9.17, 15) is 29.4 Å². The fraction of sp³-hybridized carbons (Fsp3) is 0.355. The van der Waals surface area contributed by atoms with Gasteiger partial charge in [0.05, 0.1) is 5.56 Å². The van der Waals surface area contributed by atoms with Gasteiger partial charge in [0.15, 0.2) is 0 Å². The SMILES string of the molecule is CC(C)CC(NC(=O)c1ccc(C(=O)N(CC(C)C)[C@@H](C)C(=O)O)cc1Oc1ccc2ccccc2c1)C(=O)O. The zero-order valence-corrected chi connectivity index (χ0v) is 23.4. The number of fused-ring (bicyclic) bond motifs is 1. The molecule has 9 heteroatoms. The van der Waals surface area contributed by atoms with Crippen LogP contribution in [0, 0.1) is 11.8 Å². The van der Waals surface area contributed by atoms with E-state index >= 15 is 0 Å². The number of rotatable bonds is 12. The van der Waals surface area contributed by atoms with E-state index in [-0.39, 0.29) is 41.7 Å². The summed E-state index contributed by atoms with van der Waals surface area (Å²) in [7, 11) is 0. The minimum absolute atomic E-state index is 0.0121. The maximum atomic E-state index is 13.5. The average Bonchev–Trinajstić information content (AvgIpc) is 2.89. The van der Waals surface area contributed by atoms with Crippen LogP contribution in [-0.2, 0) is 9.59 Å². The molecule has 3 rings (SSSR count). The Hall–Kier alpha value is -4.40. The molecule has 9 nitrogen and oxygen atoms in total. The first-order valence-electron chi connectivity index (χ1n) is 13.3. The monoisotopic (exact) mass is 548 g/mol. The highest BCUT2D eigenvalue weighted by Gasteiger charge is 2.29. The van der Waals surface area contributed by atoms with Gasteiger partial charge >= 0.3 is 11.9 Å². The number of carboxylic acid groups (broad SMARTS) is 2. The minimum Gasteiger partial charge on any atom is -0.480 e. The van der Waals surface area contributed by atoms with Gasteiger partial charge in [-0.25, -0.2) is 9.59 Å². The summed E-state index contributed by atoms with van der Waals surface area (Å²) in [6.07, 6.45) is 0.232. The highest BCUT2D eigenvalue weighted by atomic mass is 16.5. The number of hydrogen-bond donors (Lipinski definition) is 3. The van der Waals surface area contributed by atoms with Gasteiger partial charge in [0.25, 0.3) is 11.8 Å². The van der Waals surface area contributed by atoms with Crippen molar-refractivity contribution < 1.29 is 34.1 Å². The third-order valence-electron chi connectivity index (χ3n) is 6.38. The lowest BCUT2D eigenvalue weighted by atomic mass is 10.0. The molecule has 0 fully saturated rings. The van der Waals surface area contributed by atoms with Crippen LogP contribution in [0.5, 0.6) is 11.5 Å². The Bertz CT molecular complexity index is 1400. The lowest BCUT2D eigenvalue weighted by molar-refractivity contribution is -0.142. The van der Waals surface area contributed by atoms with E-state index in [4.69, 9.17) is 4.74 Å². The van der Waals surface area contributed by atoms with Gasteiger partial charge in [0.2, 0.25) is 0 Å². The number of aliphatic carboxylic acids is 2. The summed E-state index contributed by atoms with van der Waals surface area (Å²) in [5.41, 5.74) is 0.180. The third kappa shape index (κ3) is 7.59. The van der Waals surface area contributed by atoms with Crippen LogP contribution in [0.1, 0.15) is 61.8 Å². The van der Waals surface area contributed by atoms with E-state index in [1.54, 1.807) is 12.1 Å². The zero-order valence-electron chi connectivity index (χ0n) is 23.4. The van der Waals surface area contributed by atoms with Crippen molar-refractivity contribution in [3.05, 3.63) is 71.8 Å². The first-order chi connectivity index (χ1) is 18.9. The Morgan fingerprint density at radius 2 is 1.50 bits per heavy atom. The summed E-state index contributed by atoms with van der Waals surface area (Å²) < 4.78 is 6.13. The summed E-state index contributed by atoms with van der Waals surface area (Å²) in [5, 5.41) is 23.7. The molecular weight excluding hydrogens is 512 g/mol.